The third-order valence-electron chi connectivity index (χ3n) is 2.29. The number of methoxy groups -OCH3 is 1. The lowest BCUT2D eigenvalue weighted by atomic mass is 10.1. The van der Waals surface area contributed by atoms with Crippen molar-refractivity contribution in [3.05, 3.63) is 0 Å². The van der Waals surface area contributed by atoms with Gasteiger partial charge in [-0.25, -0.2) is 0 Å². The predicted molar refractivity (Wildman–Crippen MR) is 50.4 cm³/mol. The summed E-state index contributed by atoms with van der Waals surface area (Å²) in [5.41, 5.74) is 0. The van der Waals surface area contributed by atoms with E-state index in [1.807, 2.05) is 0 Å². The lowest BCUT2D eigenvalue weighted by Crippen LogP contribution is -2.13. The Morgan fingerprint density at radius 2 is 2.15 bits per heavy atom. The van der Waals surface area contributed by atoms with Crippen molar-refractivity contribution in [2.24, 2.45) is 0 Å². The lowest BCUT2D eigenvalue weighted by molar-refractivity contribution is -0.223. The molecule has 1 aliphatic heterocycles. The largest absolute Gasteiger partial charge is 0.333 e. The van der Waals surface area contributed by atoms with Gasteiger partial charge in [-0.2, -0.15) is 0 Å². The van der Waals surface area contributed by atoms with Crippen molar-refractivity contribution in [1.82, 2.24) is 0 Å². The molecule has 3 heteroatoms. The van der Waals surface area contributed by atoms with E-state index in [4.69, 9.17) is 14.2 Å². The fraction of sp³-hybridized carbons (Fsp3) is 1.00. The Morgan fingerprint density at radius 3 is 2.77 bits per heavy atom. The average Bonchev–Trinajstić information content (AvgIpc) is 2.60. The molecule has 1 rings (SSSR count). The van der Waals surface area contributed by atoms with Crippen LogP contribution in [0.5, 0.6) is 0 Å². The molecule has 3 nitrogen and oxygen atoms in total. The Morgan fingerprint density at radius 1 is 1.31 bits per heavy atom. The highest BCUT2D eigenvalue weighted by Crippen LogP contribution is 2.17. The summed E-state index contributed by atoms with van der Waals surface area (Å²) in [5.74, 6) is 0. The normalized spacial score (nSPS) is 28.2. The van der Waals surface area contributed by atoms with Gasteiger partial charge in [-0.15, -0.1) is 0 Å². The fourth-order valence-corrected chi connectivity index (χ4v) is 1.50. The summed E-state index contributed by atoms with van der Waals surface area (Å²) in [6, 6.07) is 0. The van der Waals surface area contributed by atoms with Crippen LogP contribution in [0.1, 0.15) is 39.0 Å². The molecular weight excluding hydrogens is 168 g/mol. The van der Waals surface area contributed by atoms with E-state index in [2.05, 4.69) is 6.92 Å². The van der Waals surface area contributed by atoms with E-state index in [9.17, 15) is 0 Å². The first-order valence-electron chi connectivity index (χ1n) is 5.16. The van der Waals surface area contributed by atoms with Gasteiger partial charge in [0.05, 0.1) is 12.7 Å². The van der Waals surface area contributed by atoms with Gasteiger partial charge in [-0.3, -0.25) is 0 Å². The molecule has 0 radical (unpaired) electrons. The number of rotatable bonds is 6. The van der Waals surface area contributed by atoms with Crippen LogP contribution < -0.4 is 0 Å². The van der Waals surface area contributed by atoms with Crippen molar-refractivity contribution in [3.8, 4) is 0 Å². The second-order valence-electron chi connectivity index (χ2n) is 3.47. The Hall–Kier alpha value is -0.120. The highest BCUT2D eigenvalue weighted by Gasteiger charge is 2.24. The second-order valence-corrected chi connectivity index (χ2v) is 3.47. The maximum Gasteiger partial charge on any atom is 0.271 e. The van der Waals surface area contributed by atoms with Crippen molar-refractivity contribution in [3.63, 3.8) is 0 Å². The van der Waals surface area contributed by atoms with E-state index in [1.165, 1.54) is 25.7 Å². The summed E-state index contributed by atoms with van der Waals surface area (Å²) in [7, 11) is 1.60. The predicted octanol–water partition coefficient (Wildman–Crippen LogP) is 2.30. The zero-order chi connectivity index (χ0) is 9.52. The van der Waals surface area contributed by atoms with Gasteiger partial charge in [0.25, 0.3) is 6.48 Å². The molecule has 0 N–H and O–H groups in total. The van der Waals surface area contributed by atoms with Crippen LogP contribution in [0, 0.1) is 0 Å². The third kappa shape index (κ3) is 4.07. The van der Waals surface area contributed by atoms with Crippen LogP contribution in [0.2, 0.25) is 0 Å². The lowest BCUT2D eigenvalue weighted by Gasteiger charge is -2.08. The Balaban J connectivity index is 1.97. The maximum atomic E-state index is 5.45. The van der Waals surface area contributed by atoms with Crippen LogP contribution in [-0.4, -0.2) is 26.3 Å². The van der Waals surface area contributed by atoms with Gasteiger partial charge in [0, 0.05) is 7.11 Å². The molecule has 0 aromatic rings. The zero-order valence-electron chi connectivity index (χ0n) is 8.62. The summed E-state index contributed by atoms with van der Waals surface area (Å²) in [4.78, 5) is 0. The topological polar surface area (TPSA) is 27.7 Å². The van der Waals surface area contributed by atoms with E-state index >= 15 is 0 Å². The standard InChI is InChI=1S/C10H20O3/c1-3-4-5-6-7-9-8-12-10(11-2)13-9/h9-10H,3-8H2,1-2H3. The van der Waals surface area contributed by atoms with Gasteiger partial charge < -0.3 is 14.2 Å². The van der Waals surface area contributed by atoms with E-state index in [0.29, 0.717) is 6.61 Å². The average molecular weight is 188 g/mol. The molecule has 0 aromatic heterocycles. The second kappa shape index (κ2) is 6.35. The smallest absolute Gasteiger partial charge is 0.271 e. The molecule has 1 fully saturated rings. The summed E-state index contributed by atoms with van der Waals surface area (Å²) >= 11 is 0. The van der Waals surface area contributed by atoms with Crippen molar-refractivity contribution < 1.29 is 14.2 Å². The van der Waals surface area contributed by atoms with Gasteiger partial charge in [-0.1, -0.05) is 32.6 Å². The molecule has 0 bridgehead atoms. The first kappa shape index (κ1) is 11.0. The number of ether oxygens (including phenoxy) is 3. The highest BCUT2D eigenvalue weighted by atomic mass is 16.9. The minimum Gasteiger partial charge on any atom is -0.333 e. The van der Waals surface area contributed by atoms with Gasteiger partial charge in [0.1, 0.15) is 0 Å². The summed E-state index contributed by atoms with van der Waals surface area (Å²) in [5, 5.41) is 0. The minimum atomic E-state index is -0.420. The monoisotopic (exact) mass is 188 g/mol. The van der Waals surface area contributed by atoms with Crippen LogP contribution in [0.15, 0.2) is 0 Å². The molecule has 0 aliphatic carbocycles. The van der Waals surface area contributed by atoms with Crippen molar-refractivity contribution in [1.29, 1.82) is 0 Å². The van der Waals surface area contributed by atoms with Gasteiger partial charge >= 0.3 is 0 Å². The van der Waals surface area contributed by atoms with Gasteiger partial charge in [0.2, 0.25) is 0 Å². The molecule has 0 spiro atoms. The number of unbranched alkanes of at least 4 members (excludes halogenated alkanes) is 3. The highest BCUT2D eigenvalue weighted by molar-refractivity contribution is 4.61. The van der Waals surface area contributed by atoms with E-state index in [-0.39, 0.29) is 6.10 Å². The maximum absolute atomic E-state index is 5.45. The van der Waals surface area contributed by atoms with Crippen LogP contribution in [0.3, 0.4) is 0 Å². The van der Waals surface area contributed by atoms with E-state index in [0.717, 1.165) is 6.42 Å². The molecule has 0 amide bonds. The van der Waals surface area contributed by atoms with Crippen molar-refractivity contribution in [2.45, 2.75) is 51.6 Å². The zero-order valence-corrected chi connectivity index (χ0v) is 8.62. The number of hydrogen-bond acceptors (Lipinski definition) is 3. The first-order chi connectivity index (χ1) is 6.36. The molecule has 2 atom stereocenters. The Kier molecular flexibility index (Phi) is 5.35. The van der Waals surface area contributed by atoms with Crippen LogP contribution in [0.4, 0.5) is 0 Å². The fourth-order valence-electron chi connectivity index (χ4n) is 1.50. The van der Waals surface area contributed by atoms with Crippen LogP contribution >= 0.6 is 0 Å². The molecule has 1 aliphatic rings. The molecular formula is C10H20O3. The summed E-state index contributed by atoms with van der Waals surface area (Å²) in [6.07, 6.45) is 6.48. The molecule has 1 saturated heterocycles. The van der Waals surface area contributed by atoms with Gasteiger partial charge in [0.15, 0.2) is 0 Å². The summed E-state index contributed by atoms with van der Waals surface area (Å²) < 4.78 is 15.6. The number of hydrogen-bond donors (Lipinski definition) is 0. The first-order valence-corrected chi connectivity index (χ1v) is 5.16. The van der Waals surface area contributed by atoms with E-state index in [1.54, 1.807) is 7.11 Å². The third-order valence-corrected chi connectivity index (χ3v) is 2.29. The molecule has 78 valence electrons. The molecule has 1 heterocycles. The molecule has 13 heavy (non-hydrogen) atoms. The van der Waals surface area contributed by atoms with Crippen LogP contribution in [-0.2, 0) is 14.2 Å². The quantitative estimate of drug-likeness (QED) is 0.599. The van der Waals surface area contributed by atoms with Crippen LogP contribution in [0.25, 0.3) is 0 Å². The van der Waals surface area contributed by atoms with E-state index < -0.39 is 6.48 Å². The molecule has 0 aromatic carbocycles. The van der Waals surface area contributed by atoms with Gasteiger partial charge in [-0.05, 0) is 6.42 Å². The minimum absolute atomic E-state index is 0.252. The SMILES string of the molecule is CCCCCCC1COC(OC)O1. The summed E-state index contributed by atoms with van der Waals surface area (Å²) in [6.45, 7) is 2.48. The Labute approximate surface area is 80.4 Å². The molecule has 0 saturated carbocycles. The van der Waals surface area contributed by atoms with Crippen molar-refractivity contribution in [2.75, 3.05) is 13.7 Å². The molecule has 2 unspecified atom stereocenters. The Bertz CT molecular complexity index is 127. The van der Waals surface area contributed by atoms with Crippen molar-refractivity contribution >= 4 is 0 Å².